The number of hydrogen-bond acceptors (Lipinski definition) is 6. The van der Waals surface area contributed by atoms with Gasteiger partial charge in [0.05, 0.1) is 30.2 Å². The van der Waals surface area contributed by atoms with E-state index in [1.165, 1.54) is 11.7 Å². The number of esters is 1. The number of benzene rings is 2. The van der Waals surface area contributed by atoms with Crippen molar-refractivity contribution in [1.82, 2.24) is 14.9 Å². The fourth-order valence-corrected chi connectivity index (χ4v) is 3.73. The molecule has 0 fully saturated rings. The summed E-state index contributed by atoms with van der Waals surface area (Å²) >= 11 is 7.01. The maximum Gasteiger partial charge on any atom is 0.307 e. The second-order valence-corrected chi connectivity index (χ2v) is 7.77. The van der Waals surface area contributed by atoms with Gasteiger partial charge in [-0.05, 0) is 29.8 Å². The zero-order valence-corrected chi connectivity index (χ0v) is 17.8. The van der Waals surface area contributed by atoms with Gasteiger partial charge in [-0.1, -0.05) is 47.6 Å². The van der Waals surface area contributed by atoms with E-state index in [4.69, 9.17) is 11.6 Å². The second kappa shape index (κ2) is 10.3. The third-order valence-electron chi connectivity index (χ3n) is 4.33. The number of nitrogens with one attached hydrogen (secondary N) is 1. The highest BCUT2D eigenvalue weighted by atomic mass is 35.5. The Bertz CT molecular complexity index is 1120. The van der Waals surface area contributed by atoms with Gasteiger partial charge >= 0.3 is 5.97 Å². The summed E-state index contributed by atoms with van der Waals surface area (Å²) in [6, 6.07) is 14.2. The van der Waals surface area contributed by atoms with Crippen molar-refractivity contribution in [1.29, 1.82) is 0 Å². The predicted octanol–water partition coefficient (Wildman–Crippen LogP) is 3.02. The molecule has 0 saturated carbocycles. The minimum absolute atomic E-state index is 0.0345. The van der Waals surface area contributed by atoms with Crippen molar-refractivity contribution in [2.75, 3.05) is 12.9 Å². The van der Waals surface area contributed by atoms with Crippen molar-refractivity contribution in [2.45, 2.75) is 24.7 Å². The molecule has 0 radical (unpaired) electrons. The molecule has 156 valence electrons. The van der Waals surface area contributed by atoms with Crippen LogP contribution in [0.3, 0.4) is 0 Å². The van der Waals surface area contributed by atoms with E-state index in [1.807, 2.05) is 12.1 Å². The molecule has 0 aliphatic rings. The van der Waals surface area contributed by atoms with Gasteiger partial charge in [0.15, 0.2) is 5.16 Å². The summed E-state index contributed by atoms with van der Waals surface area (Å²) in [5.74, 6) is -0.542. The Labute approximate surface area is 182 Å². The summed E-state index contributed by atoms with van der Waals surface area (Å²) in [5, 5.41) is 4.30. The van der Waals surface area contributed by atoms with Crippen LogP contribution in [0.2, 0.25) is 5.02 Å². The molecule has 0 aliphatic heterocycles. The molecule has 1 aromatic heterocycles. The summed E-state index contributed by atoms with van der Waals surface area (Å²) < 4.78 is 6.08. The van der Waals surface area contributed by atoms with E-state index in [0.29, 0.717) is 27.6 Å². The minimum Gasteiger partial charge on any atom is -0.469 e. The monoisotopic (exact) mass is 445 g/mol. The Kier molecular flexibility index (Phi) is 7.48. The van der Waals surface area contributed by atoms with Crippen molar-refractivity contribution < 1.29 is 14.3 Å². The Hall–Kier alpha value is -2.84. The number of carbonyl (C=O) groups excluding carboxylic acids is 2. The zero-order chi connectivity index (χ0) is 21.5. The number of hydrogen-bond donors (Lipinski definition) is 1. The number of amides is 1. The van der Waals surface area contributed by atoms with E-state index in [0.717, 1.165) is 17.3 Å². The first kappa shape index (κ1) is 21.9. The Balaban J connectivity index is 1.73. The van der Waals surface area contributed by atoms with Crippen LogP contribution in [-0.4, -0.2) is 34.3 Å². The van der Waals surface area contributed by atoms with E-state index in [2.05, 4.69) is 15.0 Å². The van der Waals surface area contributed by atoms with Gasteiger partial charge in [0, 0.05) is 18.1 Å². The van der Waals surface area contributed by atoms with E-state index in [-0.39, 0.29) is 30.2 Å². The van der Waals surface area contributed by atoms with E-state index in [1.54, 1.807) is 36.4 Å². The molecule has 7 nitrogen and oxygen atoms in total. The number of thioether (sulfide) groups is 1. The van der Waals surface area contributed by atoms with Crippen molar-refractivity contribution in [3.05, 3.63) is 69.5 Å². The number of para-hydroxylation sites is 1. The van der Waals surface area contributed by atoms with Gasteiger partial charge in [0.25, 0.3) is 5.56 Å². The first-order valence-corrected chi connectivity index (χ1v) is 10.5. The summed E-state index contributed by atoms with van der Waals surface area (Å²) in [4.78, 5) is 41.2. The van der Waals surface area contributed by atoms with Crippen molar-refractivity contribution in [3.8, 4) is 0 Å². The molecule has 0 unspecified atom stereocenters. The Morgan fingerprint density at radius 2 is 1.90 bits per heavy atom. The molecule has 9 heteroatoms. The number of halogens is 1. The van der Waals surface area contributed by atoms with E-state index in [9.17, 15) is 14.4 Å². The van der Waals surface area contributed by atoms with Gasteiger partial charge in [-0.15, -0.1) is 0 Å². The molecule has 3 aromatic rings. The van der Waals surface area contributed by atoms with Crippen LogP contribution < -0.4 is 10.9 Å². The molecular formula is C21H20ClN3O4S. The molecule has 0 bridgehead atoms. The molecule has 0 atom stereocenters. The van der Waals surface area contributed by atoms with Gasteiger partial charge < -0.3 is 10.1 Å². The average Bonchev–Trinajstić information content (AvgIpc) is 2.76. The molecule has 1 heterocycles. The lowest BCUT2D eigenvalue weighted by Crippen LogP contribution is -2.27. The van der Waals surface area contributed by atoms with Crippen LogP contribution in [-0.2, 0) is 27.4 Å². The summed E-state index contributed by atoms with van der Waals surface area (Å²) in [6.45, 7) is 0.495. The Morgan fingerprint density at radius 1 is 1.17 bits per heavy atom. The first-order chi connectivity index (χ1) is 14.5. The van der Waals surface area contributed by atoms with Gasteiger partial charge in [-0.3, -0.25) is 19.0 Å². The van der Waals surface area contributed by atoms with Crippen LogP contribution in [0, 0.1) is 0 Å². The molecule has 0 spiro atoms. The molecule has 0 aliphatic carbocycles. The van der Waals surface area contributed by atoms with Gasteiger partial charge in [-0.2, -0.15) is 0 Å². The zero-order valence-electron chi connectivity index (χ0n) is 16.3. The maximum absolute atomic E-state index is 12.9. The van der Waals surface area contributed by atoms with Crippen LogP contribution in [0.5, 0.6) is 0 Å². The maximum atomic E-state index is 12.9. The third-order valence-corrected chi connectivity index (χ3v) is 5.56. The fraction of sp³-hybridized carbons (Fsp3) is 0.238. The topological polar surface area (TPSA) is 90.3 Å². The first-order valence-electron chi connectivity index (χ1n) is 9.18. The molecule has 1 N–H and O–H groups in total. The van der Waals surface area contributed by atoms with Gasteiger partial charge in [-0.25, -0.2) is 4.98 Å². The number of aromatic nitrogens is 2. The lowest BCUT2D eigenvalue weighted by molar-refractivity contribution is -0.140. The molecule has 3 rings (SSSR count). The van der Waals surface area contributed by atoms with E-state index >= 15 is 0 Å². The highest BCUT2D eigenvalue weighted by Crippen LogP contribution is 2.18. The van der Waals surface area contributed by atoms with Crippen molar-refractivity contribution in [3.63, 3.8) is 0 Å². The fourth-order valence-electron chi connectivity index (χ4n) is 2.74. The van der Waals surface area contributed by atoms with Crippen LogP contribution >= 0.6 is 23.4 Å². The number of carbonyl (C=O) groups is 2. The number of fused-ring (bicyclic) bond motifs is 1. The van der Waals surface area contributed by atoms with Crippen LogP contribution in [0.25, 0.3) is 10.9 Å². The van der Waals surface area contributed by atoms with E-state index < -0.39 is 5.97 Å². The number of ether oxygens (including phenoxy) is 1. The minimum atomic E-state index is -0.424. The lowest BCUT2D eigenvalue weighted by atomic mass is 10.2. The highest BCUT2D eigenvalue weighted by molar-refractivity contribution is 7.99. The van der Waals surface area contributed by atoms with Gasteiger partial charge in [0.2, 0.25) is 5.91 Å². The van der Waals surface area contributed by atoms with Gasteiger partial charge in [0.1, 0.15) is 0 Å². The highest BCUT2D eigenvalue weighted by Gasteiger charge is 2.14. The lowest BCUT2D eigenvalue weighted by Gasteiger charge is -2.12. The summed E-state index contributed by atoms with van der Waals surface area (Å²) in [5.41, 5.74) is 1.21. The largest absolute Gasteiger partial charge is 0.469 e. The molecule has 1 amide bonds. The predicted molar refractivity (Wildman–Crippen MR) is 117 cm³/mol. The second-order valence-electron chi connectivity index (χ2n) is 6.39. The number of nitrogens with zero attached hydrogens (tertiary/aromatic N) is 2. The number of methoxy groups -OCH3 is 1. The smallest absolute Gasteiger partial charge is 0.307 e. The molecule has 0 saturated heterocycles. The number of rotatable bonds is 8. The van der Waals surface area contributed by atoms with Crippen LogP contribution in [0.15, 0.2) is 58.5 Å². The molecule has 30 heavy (non-hydrogen) atoms. The van der Waals surface area contributed by atoms with Crippen molar-refractivity contribution in [2.24, 2.45) is 0 Å². The average molecular weight is 446 g/mol. The normalized spacial score (nSPS) is 10.7. The summed E-state index contributed by atoms with van der Waals surface area (Å²) in [6.07, 6.45) is 0.0345. The molecule has 2 aromatic carbocycles. The Morgan fingerprint density at radius 3 is 2.63 bits per heavy atom. The SMILES string of the molecule is COC(=O)CCn1c(SCC(=O)NCc2ccc(Cl)cc2)nc2ccccc2c1=O. The third kappa shape index (κ3) is 5.61. The van der Waals surface area contributed by atoms with Crippen molar-refractivity contribution >= 4 is 46.1 Å². The quantitative estimate of drug-likeness (QED) is 0.325. The summed E-state index contributed by atoms with van der Waals surface area (Å²) in [7, 11) is 1.30. The van der Waals surface area contributed by atoms with Crippen LogP contribution in [0.4, 0.5) is 0 Å². The standard InChI is InChI=1S/C21H20ClN3O4S/c1-29-19(27)10-11-25-20(28)16-4-2-3-5-17(16)24-21(25)30-13-18(26)23-12-14-6-8-15(22)9-7-14/h2-9H,10-13H2,1H3,(H,23,26). The van der Waals surface area contributed by atoms with Crippen LogP contribution in [0.1, 0.15) is 12.0 Å². The molecular weight excluding hydrogens is 426 g/mol.